The second-order valence-corrected chi connectivity index (χ2v) is 11.5. The van der Waals surface area contributed by atoms with E-state index in [9.17, 15) is 9.59 Å². The molecule has 2 amide bonds. The van der Waals surface area contributed by atoms with Crippen LogP contribution in [0.15, 0.2) is 65.9 Å². The van der Waals surface area contributed by atoms with Crippen LogP contribution in [0.5, 0.6) is 0 Å². The molecule has 1 spiro atoms. The summed E-state index contributed by atoms with van der Waals surface area (Å²) >= 11 is 0. The largest absolute Gasteiger partial charge is 0.378 e. The Kier molecular flexibility index (Phi) is 5.88. The fourth-order valence-electron chi connectivity index (χ4n) is 6.12. The van der Waals surface area contributed by atoms with Gasteiger partial charge in [0, 0.05) is 63.0 Å². The number of carbonyl (C=O) groups is 2. The summed E-state index contributed by atoms with van der Waals surface area (Å²) in [5.41, 5.74) is 4.59. The monoisotopic (exact) mass is 523 g/mol. The lowest BCUT2D eigenvalue weighted by Crippen LogP contribution is -2.45. The molecule has 1 aliphatic carbocycles. The van der Waals surface area contributed by atoms with Crippen LogP contribution < -0.4 is 0 Å². The molecule has 1 aromatic heterocycles. The topological polar surface area (TPSA) is 80.0 Å². The molecule has 1 saturated carbocycles. The summed E-state index contributed by atoms with van der Waals surface area (Å²) in [6, 6.07) is 16.8. The molecular weight excluding hydrogens is 490 g/mol. The van der Waals surface area contributed by atoms with Gasteiger partial charge in [-0.2, -0.15) is 5.10 Å². The lowest BCUT2D eigenvalue weighted by atomic mass is 9.98. The molecule has 2 unspecified atom stereocenters. The predicted octanol–water partition coefficient (Wildman–Crippen LogP) is 3.76. The summed E-state index contributed by atoms with van der Waals surface area (Å²) in [5.74, 6) is 1.56. The molecule has 8 heteroatoms. The van der Waals surface area contributed by atoms with Crippen LogP contribution in [0.25, 0.3) is 22.3 Å². The Labute approximate surface area is 228 Å². The standard InChI is InChI=1S/C31H33N5O3/c1-34-19-27(16-32-34)24-4-2-22(3-5-24)23-6-8-25(9-7-23)28-33-31(13-15-39-20-31)30(38)36(28)18-21-12-14-35(17-21)29(37)26-10-11-26/h2-9,16,19,21,26H,10-15,17-18,20H2,1H3. The molecule has 39 heavy (non-hydrogen) atoms. The highest BCUT2D eigenvalue weighted by Gasteiger charge is 2.51. The molecule has 200 valence electrons. The van der Waals surface area contributed by atoms with Crippen molar-refractivity contribution in [3.05, 3.63) is 66.5 Å². The molecule has 3 aromatic rings. The van der Waals surface area contributed by atoms with Crippen molar-refractivity contribution in [3.8, 4) is 22.3 Å². The van der Waals surface area contributed by atoms with E-state index in [1.807, 2.05) is 29.2 Å². The summed E-state index contributed by atoms with van der Waals surface area (Å²) in [7, 11) is 1.92. The molecule has 3 fully saturated rings. The van der Waals surface area contributed by atoms with Crippen molar-refractivity contribution in [2.75, 3.05) is 32.8 Å². The molecule has 0 radical (unpaired) electrons. The van der Waals surface area contributed by atoms with Crippen LogP contribution in [0.1, 0.15) is 31.2 Å². The van der Waals surface area contributed by atoms with Gasteiger partial charge in [0.15, 0.2) is 5.54 Å². The van der Waals surface area contributed by atoms with Crippen LogP contribution in [-0.2, 0) is 21.4 Å². The number of rotatable bonds is 6. The van der Waals surface area contributed by atoms with Gasteiger partial charge in [0.1, 0.15) is 5.84 Å². The third-order valence-electron chi connectivity index (χ3n) is 8.58. The van der Waals surface area contributed by atoms with Crippen LogP contribution in [0.3, 0.4) is 0 Å². The smallest absolute Gasteiger partial charge is 0.258 e. The van der Waals surface area contributed by atoms with E-state index < -0.39 is 5.54 Å². The Balaban J connectivity index is 1.11. The fourth-order valence-corrected chi connectivity index (χ4v) is 6.12. The number of benzene rings is 2. The number of aryl methyl sites for hydroxylation is 1. The lowest BCUT2D eigenvalue weighted by Gasteiger charge is -2.25. The van der Waals surface area contributed by atoms with Crippen LogP contribution >= 0.6 is 0 Å². The number of hydrogen-bond acceptors (Lipinski definition) is 5. The maximum absolute atomic E-state index is 13.7. The SMILES string of the molecule is Cn1cc(-c2ccc(-c3ccc(C4=NC5(CCOC5)C(=O)N4CC4CCN(C(=O)C5CC5)C4)cc3)cc2)cn1. The van der Waals surface area contributed by atoms with E-state index >= 15 is 0 Å². The van der Waals surface area contributed by atoms with Crippen molar-refractivity contribution in [1.29, 1.82) is 0 Å². The van der Waals surface area contributed by atoms with Crippen molar-refractivity contribution in [3.63, 3.8) is 0 Å². The highest BCUT2D eigenvalue weighted by atomic mass is 16.5. The highest BCUT2D eigenvalue weighted by Crippen LogP contribution is 2.36. The molecule has 0 N–H and O–H groups in total. The Morgan fingerprint density at radius 3 is 2.23 bits per heavy atom. The van der Waals surface area contributed by atoms with E-state index in [-0.39, 0.29) is 17.7 Å². The summed E-state index contributed by atoms with van der Waals surface area (Å²) in [6.07, 6.45) is 7.46. The molecule has 2 atom stereocenters. The maximum Gasteiger partial charge on any atom is 0.258 e. The summed E-state index contributed by atoms with van der Waals surface area (Å²) < 4.78 is 7.45. The van der Waals surface area contributed by atoms with Crippen LogP contribution in [0, 0.1) is 11.8 Å². The minimum Gasteiger partial charge on any atom is -0.378 e. The number of nitrogens with zero attached hydrogens (tertiary/aromatic N) is 5. The van der Waals surface area contributed by atoms with Crippen LogP contribution in [0.2, 0.25) is 0 Å². The number of hydrogen-bond donors (Lipinski definition) is 0. The van der Waals surface area contributed by atoms with Crippen molar-refractivity contribution in [2.45, 2.75) is 31.2 Å². The Bertz CT molecular complexity index is 1430. The second-order valence-electron chi connectivity index (χ2n) is 11.5. The number of aliphatic imine (C=N–C) groups is 1. The number of aromatic nitrogens is 2. The third-order valence-corrected chi connectivity index (χ3v) is 8.58. The quantitative estimate of drug-likeness (QED) is 0.493. The van der Waals surface area contributed by atoms with E-state index in [1.165, 1.54) is 0 Å². The summed E-state index contributed by atoms with van der Waals surface area (Å²) in [4.78, 5) is 35.2. The van der Waals surface area contributed by atoms with Crippen LogP contribution in [0.4, 0.5) is 0 Å². The first-order valence-corrected chi connectivity index (χ1v) is 14.0. The maximum atomic E-state index is 13.7. The molecule has 2 aromatic carbocycles. The average molecular weight is 524 g/mol. The van der Waals surface area contributed by atoms with Crippen molar-refractivity contribution >= 4 is 17.6 Å². The zero-order valence-corrected chi connectivity index (χ0v) is 22.3. The number of likely N-dealkylation sites (tertiary alicyclic amines) is 1. The van der Waals surface area contributed by atoms with Crippen molar-refractivity contribution in [2.24, 2.45) is 23.9 Å². The van der Waals surface area contributed by atoms with Crippen LogP contribution in [-0.4, -0.2) is 75.6 Å². The van der Waals surface area contributed by atoms with Gasteiger partial charge in [-0.15, -0.1) is 0 Å². The first kappa shape index (κ1) is 24.3. The normalized spacial score (nSPS) is 24.7. The zero-order chi connectivity index (χ0) is 26.6. The second kappa shape index (κ2) is 9.45. The summed E-state index contributed by atoms with van der Waals surface area (Å²) in [5, 5.41) is 4.26. The fraction of sp³-hybridized carbons (Fsp3) is 0.419. The molecule has 4 aliphatic rings. The van der Waals surface area contributed by atoms with Crippen molar-refractivity contribution < 1.29 is 14.3 Å². The Morgan fingerprint density at radius 2 is 1.64 bits per heavy atom. The number of ether oxygens (including phenoxy) is 1. The molecule has 7 rings (SSSR count). The van der Waals surface area contributed by atoms with Gasteiger partial charge in [0.2, 0.25) is 5.91 Å². The molecule has 3 aliphatic heterocycles. The first-order chi connectivity index (χ1) is 19.0. The number of amides is 2. The van der Waals surface area contributed by atoms with Gasteiger partial charge in [0.05, 0.1) is 12.8 Å². The van der Waals surface area contributed by atoms with Gasteiger partial charge >= 0.3 is 0 Å². The summed E-state index contributed by atoms with van der Waals surface area (Å²) in [6.45, 7) is 2.99. The molecular formula is C31H33N5O3. The van der Waals surface area contributed by atoms with Gasteiger partial charge in [-0.25, -0.2) is 4.99 Å². The van der Waals surface area contributed by atoms with Gasteiger partial charge in [-0.1, -0.05) is 48.5 Å². The predicted molar refractivity (Wildman–Crippen MR) is 148 cm³/mol. The minimum absolute atomic E-state index is 0.0389. The lowest BCUT2D eigenvalue weighted by molar-refractivity contribution is -0.131. The molecule has 4 heterocycles. The van der Waals surface area contributed by atoms with E-state index in [1.54, 1.807) is 4.68 Å². The van der Waals surface area contributed by atoms with Crippen molar-refractivity contribution in [1.82, 2.24) is 19.6 Å². The van der Waals surface area contributed by atoms with Gasteiger partial charge in [0.25, 0.3) is 5.91 Å². The third kappa shape index (κ3) is 4.46. The zero-order valence-electron chi connectivity index (χ0n) is 22.3. The Hall–Kier alpha value is -3.78. The number of carbonyl (C=O) groups excluding carboxylic acids is 2. The number of amidine groups is 1. The molecule has 8 nitrogen and oxygen atoms in total. The average Bonchev–Trinajstić information content (AvgIpc) is 3.26. The minimum atomic E-state index is -0.807. The molecule has 2 saturated heterocycles. The highest BCUT2D eigenvalue weighted by molar-refractivity contribution is 6.15. The Morgan fingerprint density at radius 1 is 0.974 bits per heavy atom. The van der Waals surface area contributed by atoms with Gasteiger partial charge in [-0.3, -0.25) is 19.2 Å². The van der Waals surface area contributed by atoms with E-state index in [0.717, 1.165) is 66.0 Å². The van der Waals surface area contributed by atoms with Gasteiger partial charge in [-0.05, 0) is 41.9 Å². The van der Waals surface area contributed by atoms with E-state index in [4.69, 9.17) is 9.73 Å². The van der Waals surface area contributed by atoms with Gasteiger partial charge < -0.3 is 9.64 Å². The van der Waals surface area contributed by atoms with E-state index in [2.05, 4.69) is 53.6 Å². The van der Waals surface area contributed by atoms with E-state index in [0.29, 0.717) is 32.1 Å². The first-order valence-electron chi connectivity index (χ1n) is 14.0. The molecule has 0 bridgehead atoms.